The fraction of sp³-hybridized carbons (Fsp3) is 0.0769. The summed E-state index contributed by atoms with van der Waals surface area (Å²) in [6.45, 7) is 0.399. The third-order valence-corrected chi connectivity index (χ3v) is 2.92. The van der Waals surface area contributed by atoms with Crippen LogP contribution in [-0.2, 0) is 6.54 Å². The zero-order valence-corrected chi connectivity index (χ0v) is 10.7. The lowest BCUT2D eigenvalue weighted by atomic mass is 10.2. The Morgan fingerprint density at radius 2 is 1.67 bits per heavy atom. The van der Waals surface area contributed by atoms with Gasteiger partial charge < -0.3 is 5.32 Å². The van der Waals surface area contributed by atoms with Gasteiger partial charge in [0.25, 0.3) is 0 Å². The summed E-state index contributed by atoms with van der Waals surface area (Å²) in [7, 11) is 0. The van der Waals surface area contributed by atoms with Crippen LogP contribution in [0.3, 0.4) is 0 Å². The first kappa shape index (κ1) is 13.1. The van der Waals surface area contributed by atoms with Crippen molar-refractivity contribution in [1.82, 2.24) is 0 Å². The fourth-order valence-corrected chi connectivity index (χ4v) is 2.00. The zero-order chi connectivity index (χ0) is 13.1. The van der Waals surface area contributed by atoms with Crippen molar-refractivity contribution in [2.45, 2.75) is 6.54 Å². The van der Waals surface area contributed by atoms with Gasteiger partial charge in [-0.15, -0.1) is 0 Å². The van der Waals surface area contributed by atoms with Crippen molar-refractivity contribution < 1.29 is 8.78 Å². The average Bonchev–Trinajstić information content (AvgIpc) is 2.33. The van der Waals surface area contributed by atoms with E-state index in [9.17, 15) is 8.78 Å². The Balaban J connectivity index is 2.11. The highest BCUT2D eigenvalue weighted by molar-refractivity contribution is 6.35. The Morgan fingerprint density at radius 3 is 2.28 bits per heavy atom. The molecule has 1 nitrogen and oxygen atoms in total. The van der Waals surface area contributed by atoms with Gasteiger partial charge in [0.05, 0.1) is 10.0 Å². The molecule has 0 amide bonds. The van der Waals surface area contributed by atoms with Crippen LogP contribution in [-0.4, -0.2) is 0 Å². The van der Waals surface area contributed by atoms with Gasteiger partial charge in [0.15, 0.2) is 5.82 Å². The zero-order valence-electron chi connectivity index (χ0n) is 9.18. The van der Waals surface area contributed by atoms with Gasteiger partial charge in [-0.2, -0.15) is 0 Å². The minimum atomic E-state index is -0.644. The topological polar surface area (TPSA) is 12.0 Å². The van der Waals surface area contributed by atoms with E-state index >= 15 is 0 Å². The molecule has 0 aliphatic carbocycles. The lowest BCUT2D eigenvalue weighted by molar-refractivity contribution is 0.626. The molecule has 0 fully saturated rings. The largest absolute Gasteiger partial charge is 0.381 e. The van der Waals surface area contributed by atoms with Gasteiger partial charge in [0, 0.05) is 12.2 Å². The van der Waals surface area contributed by atoms with Crippen molar-refractivity contribution in [3.8, 4) is 0 Å². The second kappa shape index (κ2) is 5.55. The second-order valence-corrected chi connectivity index (χ2v) is 4.55. The summed E-state index contributed by atoms with van der Waals surface area (Å²) >= 11 is 11.3. The summed E-state index contributed by atoms with van der Waals surface area (Å²) in [5, 5.41) is 2.89. The van der Waals surface area contributed by atoms with Crippen molar-refractivity contribution in [1.29, 1.82) is 0 Å². The monoisotopic (exact) mass is 287 g/mol. The van der Waals surface area contributed by atoms with Crippen LogP contribution in [0.4, 0.5) is 14.5 Å². The maximum atomic E-state index is 13.2. The van der Waals surface area contributed by atoms with Crippen molar-refractivity contribution in [2.75, 3.05) is 5.32 Å². The molecular formula is C13H9Cl2F2N. The SMILES string of the molecule is Fc1cccc(CNc2cc(Cl)c(F)c(Cl)c2)c1. The van der Waals surface area contributed by atoms with Crippen LogP contribution < -0.4 is 5.32 Å². The molecule has 2 rings (SSSR count). The van der Waals surface area contributed by atoms with Gasteiger partial charge in [-0.05, 0) is 29.8 Å². The Labute approximate surface area is 113 Å². The molecule has 0 spiro atoms. The van der Waals surface area contributed by atoms with E-state index in [1.54, 1.807) is 12.1 Å². The van der Waals surface area contributed by atoms with E-state index in [2.05, 4.69) is 5.32 Å². The second-order valence-electron chi connectivity index (χ2n) is 3.74. The number of halogens is 4. The van der Waals surface area contributed by atoms with Gasteiger partial charge in [-0.3, -0.25) is 0 Å². The molecule has 1 N–H and O–H groups in total. The fourth-order valence-electron chi connectivity index (χ4n) is 1.51. The molecule has 94 valence electrons. The molecule has 2 aromatic carbocycles. The Hall–Kier alpha value is -1.32. The first-order chi connectivity index (χ1) is 8.56. The van der Waals surface area contributed by atoms with Gasteiger partial charge >= 0.3 is 0 Å². The highest BCUT2D eigenvalue weighted by atomic mass is 35.5. The lowest BCUT2D eigenvalue weighted by Crippen LogP contribution is -2.00. The normalized spacial score (nSPS) is 10.4. The standard InChI is InChI=1S/C13H9Cl2F2N/c14-11-5-10(6-12(15)13(11)17)18-7-8-2-1-3-9(16)4-8/h1-6,18H,7H2. The summed E-state index contributed by atoms with van der Waals surface area (Å²) < 4.78 is 26.1. The molecular weight excluding hydrogens is 279 g/mol. The quantitative estimate of drug-likeness (QED) is 0.793. The Morgan fingerprint density at radius 1 is 1.00 bits per heavy atom. The van der Waals surface area contributed by atoms with Gasteiger partial charge in [-0.1, -0.05) is 35.3 Å². The number of hydrogen-bond donors (Lipinski definition) is 1. The van der Waals surface area contributed by atoms with E-state index in [-0.39, 0.29) is 15.9 Å². The molecule has 0 saturated heterocycles. The molecule has 0 aromatic heterocycles. The molecule has 18 heavy (non-hydrogen) atoms. The van der Waals surface area contributed by atoms with E-state index in [1.165, 1.54) is 24.3 Å². The molecule has 0 bridgehead atoms. The number of hydrogen-bond acceptors (Lipinski definition) is 1. The maximum absolute atomic E-state index is 13.2. The predicted molar refractivity (Wildman–Crippen MR) is 70.1 cm³/mol. The van der Waals surface area contributed by atoms with Crippen LogP contribution in [0.25, 0.3) is 0 Å². The van der Waals surface area contributed by atoms with Gasteiger partial charge in [0.2, 0.25) is 0 Å². The van der Waals surface area contributed by atoms with Crippen LogP contribution >= 0.6 is 23.2 Å². The van der Waals surface area contributed by atoms with Crippen LogP contribution in [0, 0.1) is 11.6 Å². The summed E-state index contributed by atoms with van der Waals surface area (Å²) in [5.74, 6) is -0.945. The van der Waals surface area contributed by atoms with E-state index in [4.69, 9.17) is 23.2 Å². The predicted octanol–water partition coefficient (Wildman–Crippen LogP) is 4.88. The summed E-state index contributed by atoms with van der Waals surface area (Å²) in [5.41, 5.74) is 1.35. The first-order valence-corrected chi connectivity index (χ1v) is 5.95. The van der Waals surface area contributed by atoms with Crippen LogP contribution in [0.5, 0.6) is 0 Å². The number of rotatable bonds is 3. The smallest absolute Gasteiger partial charge is 0.160 e. The average molecular weight is 288 g/mol. The molecule has 0 unspecified atom stereocenters. The summed E-state index contributed by atoms with van der Waals surface area (Å²) in [4.78, 5) is 0. The van der Waals surface area contributed by atoms with E-state index in [0.717, 1.165) is 5.56 Å². The van der Waals surface area contributed by atoms with E-state index in [1.807, 2.05) is 0 Å². The molecule has 2 aromatic rings. The molecule has 0 saturated carbocycles. The van der Waals surface area contributed by atoms with Gasteiger partial charge in [-0.25, -0.2) is 8.78 Å². The van der Waals surface area contributed by atoms with Crippen LogP contribution in [0.2, 0.25) is 10.0 Å². The van der Waals surface area contributed by atoms with Crippen LogP contribution in [0.15, 0.2) is 36.4 Å². The molecule has 0 heterocycles. The van der Waals surface area contributed by atoms with Crippen molar-refractivity contribution >= 4 is 28.9 Å². The van der Waals surface area contributed by atoms with E-state index in [0.29, 0.717) is 12.2 Å². The Bertz CT molecular complexity index is 550. The van der Waals surface area contributed by atoms with Crippen molar-refractivity contribution in [3.63, 3.8) is 0 Å². The number of nitrogens with one attached hydrogen (secondary N) is 1. The molecule has 0 radical (unpaired) electrons. The number of anilines is 1. The van der Waals surface area contributed by atoms with Gasteiger partial charge in [0.1, 0.15) is 5.82 Å². The van der Waals surface area contributed by atoms with Crippen molar-refractivity contribution in [3.05, 3.63) is 63.6 Å². The summed E-state index contributed by atoms with van der Waals surface area (Å²) in [6.07, 6.45) is 0. The molecule has 0 aliphatic heterocycles. The Kier molecular flexibility index (Phi) is 4.04. The molecule has 0 atom stereocenters. The minimum Gasteiger partial charge on any atom is -0.381 e. The number of benzene rings is 2. The third kappa shape index (κ3) is 3.12. The first-order valence-electron chi connectivity index (χ1n) is 5.19. The van der Waals surface area contributed by atoms with Crippen LogP contribution in [0.1, 0.15) is 5.56 Å². The highest BCUT2D eigenvalue weighted by Gasteiger charge is 2.07. The third-order valence-electron chi connectivity index (χ3n) is 2.37. The van der Waals surface area contributed by atoms with E-state index < -0.39 is 5.82 Å². The molecule has 0 aliphatic rings. The highest BCUT2D eigenvalue weighted by Crippen LogP contribution is 2.27. The lowest BCUT2D eigenvalue weighted by Gasteiger charge is -2.08. The van der Waals surface area contributed by atoms with Crippen molar-refractivity contribution in [2.24, 2.45) is 0 Å². The minimum absolute atomic E-state index is 0.0516. The molecule has 5 heteroatoms. The summed E-state index contributed by atoms with van der Waals surface area (Å²) in [6, 6.07) is 9.05. The maximum Gasteiger partial charge on any atom is 0.160 e.